The Hall–Kier alpha value is -2.06. The molecule has 2 amide bonds. The Labute approximate surface area is 171 Å². The van der Waals surface area contributed by atoms with Crippen molar-refractivity contribution < 1.29 is 19.0 Å². The van der Waals surface area contributed by atoms with Gasteiger partial charge in [0.25, 0.3) is 0 Å². The first kappa shape index (κ1) is 20.2. The van der Waals surface area contributed by atoms with Crippen molar-refractivity contribution in [1.82, 2.24) is 14.9 Å². The summed E-state index contributed by atoms with van der Waals surface area (Å²) < 4.78 is 16.4. The van der Waals surface area contributed by atoms with Crippen molar-refractivity contribution in [3.8, 4) is 0 Å². The molecule has 1 aliphatic carbocycles. The summed E-state index contributed by atoms with van der Waals surface area (Å²) in [4.78, 5) is 22.7. The number of hydrogen-bond donors (Lipinski definition) is 2. The van der Waals surface area contributed by atoms with Gasteiger partial charge in [-0.05, 0) is 37.2 Å². The fourth-order valence-electron chi connectivity index (χ4n) is 4.77. The number of H-pyrrole nitrogens is 1. The molecule has 8 heteroatoms. The molecule has 1 spiro atoms. The van der Waals surface area contributed by atoms with E-state index in [1.807, 2.05) is 4.90 Å². The SMILES string of the molecule is COCCC(C)C1=c2nc(NC(=O)N3CC[C@@]4(CCOC4)C3)[nH]c2=C(OC)CC1. The maximum atomic E-state index is 12.8. The second kappa shape index (κ2) is 8.36. The van der Waals surface area contributed by atoms with Crippen LogP contribution in [0.1, 0.15) is 39.0 Å². The first-order valence-electron chi connectivity index (χ1n) is 10.5. The summed E-state index contributed by atoms with van der Waals surface area (Å²) in [5.74, 6) is 1.73. The molecule has 2 atom stereocenters. The van der Waals surface area contributed by atoms with Gasteiger partial charge in [-0.25, -0.2) is 9.78 Å². The minimum absolute atomic E-state index is 0.104. The number of likely N-dealkylation sites (tertiary alicyclic amines) is 1. The molecule has 0 aromatic carbocycles. The number of methoxy groups -OCH3 is 2. The molecule has 1 aromatic heterocycles. The van der Waals surface area contributed by atoms with Crippen LogP contribution in [0.25, 0.3) is 11.3 Å². The van der Waals surface area contributed by atoms with Crippen LogP contribution in [0.3, 0.4) is 0 Å². The molecule has 0 saturated carbocycles. The van der Waals surface area contributed by atoms with E-state index in [9.17, 15) is 4.79 Å². The molecule has 0 bridgehead atoms. The lowest BCUT2D eigenvalue weighted by molar-refractivity contribution is 0.154. The van der Waals surface area contributed by atoms with E-state index in [2.05, 4.69) is 17.2 Å². The Morgan fingerprint density at radius 3 is 2.97 bits per heavy atom. The van der Waals surface area contributed by atoms with Crippen molar-refractivity contribution in [3.63, 3.8) is 0 Å². The van der Waals surface area contributed by atoms with Crippen LogP contribution in [0.5, 0.6) is 0 Å². The number of carbonyl (C=O) groups excluding carboxylic acids is 1. The van der Waals surface area contributed by atoms with Gasteiger partial charge in [0.05, 0.1) is 19.1 Å². The van der Waals surface area contributed by atoms with Gasteiger partial charge in [0.2, 0.25) is 5.95 Å². The number of nitrogens with zero attached hydrogens (tertiary/aromatic N) is 2. The number of ether oxygens (including phenoxy) is 3. The molecule has 29 heavy (non-hydrogen) atoms. The number of fused-ring (bicyclic) bond motifs is 1. The average molecular weight is 405 g/mol. The van der Waals surface area contributed by atoms with Gasteiger partial charge < -0.3 is 24.1 Å². The van der Waals surface area contributed by atoms with E-state index in [-0.39, 0.29) is 11.4 Å². The van der Waals surface area contributed by atoms with Crippen LogP contribution in [-0.4, -0.2) is 68.0 Å². The van der Waals surface area contributed by atoms with Gasteiger partial charge in [-0.15, -0.1) is 0 Å². The highest BCUT2D eigenvalue weighted by atomic mass is 16.5. The standard InChI is InChI=1S/C21H32N4O4/c1-14(6-10-27-2)15-4-5-16(28-3)18-17(15)22-19(23-18)24-20(26)25-9-7-21(12-25)8-11-29-13-21/h14H,4-13H2,1-3H3,(H2,22,23,24,26)/t14?,21-/m1/s1. The molecule has 1 aromatic rings. The Kier molecular flexibility index (Phi) is 5.83. The average Bonchev–Trinajstić information content (AvgIpc) is 3.46. The highest BCUT2D eigenvalue weighted by molar-refractivity contribution is 5.87. The van der Waals surface area contributed by atoms with E-state index in [0.717, 1.165) is 81.5 Å². The van der Waals surface area contributed by atoms with E-state index in [0.29, 0.717) is 11.9 Å². The molecule has 2 saturated heterocycles. The summed E-state index contributed by atoms with van der Waals surface area (Å²) in [6, 6.07) is -0.104. The number of hydrogen-bond acceptors (Lipinski definition) is 5. The monoisotopic (exact) mass is 404 g/mol. The maximum Gasteiger partial charge on any atom is 0.324 e. The van der Waals surface area contributed by atoms with Gasteiger partial charge in [-0.2, -0.15) is 0 Å². The number of imidazole rings is 1. The highest BCUT2D eigenvalue weighted by Gasteiger charge is 2.42. The topological polar surface area (TPSA) is 88.7 Å². The second-order valence-corrected chi connectivity index (χ2v) is 8.55. The third-order valence-corrected chi connectivity index (χ3v) is 6.64. The largest absolute Gasteiger partial charge is 0.499 e. The Balaban J connectivity index is 1.55. The summed E-state index contributed by atoms with van der Waals surface area (Å²) in [6.45, 7) is 5.99. The molecule has 2 fully saturated rings. The first-order valence-corrected chi connectivity index (χ1v) is 10.5. The quantitative estimate of drug-likeness (QED) is 0.749. The molecule has 8 nitrogen and oxygen atoms in total. The second-order valence-electron chi connectivity index (χ2n) is 8.55. The van der Waals surface area contributed by atoms with Gasteiger partial charge in [0.1, 0.15) is 11.1 Å². The molecule has 4 rings (SSSR count). The lowest BCUT2D eigenvalue weighted by Crippen LogP contribution is -2.36. The fraction of sp³-hybridized carbons (Fsp3) is 0.714. The predicted octanol–water partition coefficient (Wildman–Crippen LogP) is 1.43. The molecule has 0 radical (unpaired) electrons. The van der Waals surface area contributed by atoms with Gasteiger partial charge in [0, 0.05) is 45.2 Å². The third-order valence-electron chi connectivity index (χ3n) is 6.64. The fourth-order valence-corrected chi connectivity index (χ4v) is 4.77. The van der Waals surface area contributed by atoms with Crippen LogP contribution < -0.4 is 16.0 Å². The number of amides is 2. The molecule has 3 aliphatic rings. The zero-order valence-electron chi connectivity index (χ0n) is 17.7. The molecular weight excluding hydrogens is 372 g/mol. The Bertz CT molecular complexity index is 872. The van der Waals surface area contributed by atoms with Crippen molar-refractivity contribution in [3.05, 3.63) is 10.7 Å². The molecule has 1 unspecified atom stereocenters. The lowest BCUT2D eigenvalue weighted by atomic mass is 9.87. The molecule has 2 N–H and O–H groups in total. The van der Waals surface area contributed by atoms with E-state index < -0.39 is 0 Å². The maximum absolute atomic E-state index is 12.8. The van der Waals surface area contributed by atoms with Gasteiger partial charge in [0.15, 0.2) is 0 Å². The van der Waals surface area contributed by atoms with Crippen LogP contribution in [0.4, 0.5) is 10.7 Å². The first-order chi connectivity index (χ1) is 14.0. The summed E-state index contributed by atoms with van der Waals surface area (Å²) in [7, 11) is 3.41. The molecule has 160 valence electrons. The van der Waals surface area contributed by atoms with Crippen LogP contribution in [0.2, 0.25) is 0 Å². The predicted molar refractivity (Wildman–Crippen MR) is 110 cm³/mol. The number of urea groups is 1. The molecule has 2 aliphatic heterocycles. The summed E-state index contributed by atoms with van der Waals surface area (Å²) in [5.41, 5.74) is 1.44. The molecule has 3 heterocycles. The molecular formula is C21H32N4O4. The number of aromatic amines is 1. The van der Waals surface area contributed by atoms with E-state index in [4.69, 9.17) is 19.2 Å². The number of rotatable bonds is 6. The van der Waals surface area contributed by atoms with Crippen LogP contribution in [0.15, 0.2) is 0 Å². The van der Waals surface area contributed by atoms with Crippen LogP contribution in [-0.2, 0) is 14.2 Å². The minimum Gasteiger partial charge on any atom is -0.499 e. The lowest BCUT2D eigenvalue weighted by Gasteiger charge is -2.21. The van der Waals surface area contributed by atoms with Crippen molar-refractivity contribution in [2.45, 2.75) is 39.0 Å². The van der Waals surface area contributed by atoms with Gasteiger partial charge >= 0.3 is 6.03 Å². The normalized spacial score (nSPS) is 24.9. The number of anilines is 1. The van der Waals surface area contributed by atoms with Crippen molar-refractivity contribution in [2.24, 2.45) is 11.3 Å². The van der Waals surface area contributed by atoms with Crippen LogP contribution >= 0.6 is 0 Å². The van der Waals surface area contributed by atoms with E-state index >= 15 is 0 Å². The third kappa shape index (κ3) is 4.00. The van der Waals surface area contributed by atoms with Crippen LogP contribution in [0, 0.1) is 11.3 Å². The van der Waals surface area contributed by atoms with Gasteiger partial charge in [-0.3, -0.25) is 5.32 Å². The summed E-state index contributed by atoms with van der Waals surface area (Å²) in [5, 5.41) is 4.76. The van der Waals surface area contributed by atoms with Crippen molar-refractivity contribution in [1.29, 1.82) is 0 Å². The number of nitrogens with one attached hydrogen (secondary N) is 2. The van der Waals surface area contributed by atoms with E-state index in [1.165, 1.54) is 5.57 Å². The number of aromatic nitrogens is 2. The smallest absolute Gasteiger partial charge is 0.324 e. The van der Waals surface area contributed by atoms with Gasteiger partial charge in [-0.1, -0.05) is 6.92 Å². The van der Waals surface area contributed by atoms with E-state index in [1.54, 1.807) is 14.2 Å². The van der Waals surface area contributed by atoms with Crippen molar-refractivity contribution in [2.75, 3.05) is 52.4 Å². The zero-order valence-corrected chi connectivity index (χ0v) is 17.7. The highest BCUT2D eigenvalue weighted by Crippen LogP contribution is 2.38. The van der Waals surface area contributed by atoms with Crippen molar-refractivity contribution >= 4 is 23.3 Å². The summed E-state index contributed by atoms with van der Waals surface area (Å²) >= 11 is 0. The minimum atomic E-state index is -0.104. The summed E-state index contributed by atoms with van der Waals surface area (Å²) in [6.07, 6.45) is 4.73. The Morgan fingerprint density at radius 1 is 1.38 bits per heavy atom. The zero-order chi connectivity index (χ0) is 20.4. The number of carbonyl (C=O) groups is 1. The Morgan fingerprint density at radius 2 is 2.24 bits per heavy atom.